The fourth-order valence-corrected chi connectivity index (χ4v) is 4.76. The molecular formula is C31H32N6O2. The van der Waals surface area contributed by atoms with E-state index in [0.29, 0.717) is 18.9 Å². The highest BCUT2D eigenvalue weighted by Gasteiger charge is 2.21. The second-order valence-electron chi connectivity index (χ2n) is 9.75. The molecule has 0 amide bonds. The molecule has 0 saturated heterocycles. The van der Waals surface area contributed by atoms with E-state index >= 15 is 0 Å². The number of hydrogen-bond acceptors (Lipinski definition) is 7. The molecule has 198 valence electrons. The number of H-pyrrole nitrogens is 1. The average molecular weight is 521 g/mol. The Bertz CT molecular complexity index is 1600. The highest BCUT2D eigenvalue weighted by Crippen LogP contribution is 2.37. The fraction of sp³-hybridized carbons (Fsp3) is 0.194. The monoisotopic (exact) mass is 520 g/mol. The van der Waals surface area contributed by atoms with Crippen molar-refractivity contribution in [2.75, 3.05) is 35.3 Å². The maximum Gasteiger partial charge on any atom is 0.138 e. The number of nitrogen functional groups attached to an aromatic ring is 2. The van der Waals surface area contributed by atoms with Crippen molar-refractivity contribution in [3.8, 4) is 22.9 Å². The highest BCUT2D eigenvalue weighted by atomic mass is 16.5. The van der Waals surface area contributed by atoms with Gasteiger partial charge in [-0.15, -0.1) is 0 Å². The van der Waals surface area contributed by atoms with E-state index in [0.717, 1.165) is 75.8 Å². The van der Waals surface area contributed by atoms with Gasteiger partial charge in [0.05, 0.1) is 35.6 Å². The first-order valence-electron chi connectivity index (χ1n) is 13.2. The van der Waals surface area contributed by atoms with E-state index in [1.54, 1.807) is 0 Å². The van der Waals surface area contributed by atoms with Gasteiger partial charge in [-0.3, -0.25) is 0 Å². The van der Waals surface area contributed by atoms with Crippen molar-refractivity contribution in [2.45, 2.75) is 25.4 Å². The molecule has 1 aliphatic rings. The minimum absolute atomic E-state index is 0.00774. The van der Waals surface area contributed by atoms with Gasteiger partial charge in [-0.2, -0.15) is 0 Å². The van der Waals surface area contributed by atoms with Crippen LogP contribution in [0.25, 0.3) is 22.4 Å². The largest absolute Gasteiger partial charge is 0.494 e. The first kappa shape index (κ1) is 24.5. The zero-order valence-corrected chi connectivity index (χ0v) is 21.6. The number of benzene rings is 4. The molecule has 1 aliphatic heterocycles. The van der Waals surface area contributed by atoms with E-state index in [1.807, 2.05) is 72.8 Å². The Morgan fingerprint density at radius 1 is 0.692 bits per heavy atom. The Hall–Kier alpha value is -4.85. The Labute approximate surface area is 227 Å². The quantitative estimate of drug-likeness (QED) is 0.104. The predicted molar refractivity (Wildman–Crippen MR) is 158 cm³/mol. The maximum absolute atomic E-state index is 6.03. The average Bonchev–Trinajstić information content (AvgIpc) is 3.57. The van der Waals surface area contributed by atoms with Gasteiger partial charge in [-0.25, -0.2) is 4.98 Å². The van der Waals surface area contributed by atoms with Gasteiger partial charge >= 0.3 is 0 Å². The van der Waals surface area contributed by atoms with Crippen LogP contribution in [0.3, 0.4) is 0 Å². The smallest absolute Gasteiger partial charge is 0.138 e. The standard InChI is InChI=1S/C31H32N6O2/c32-22-10-12-26-28(18-22)36-30(34-26)20-6-4-8-24(16-20)38-14-2-1-3-15-39-25-9-5-7-21(17-25)31-35-27-13-11-23(33)19-29(27)37-31/h4-13,16-19,30,34,36H,1-3,14-15,32-33H2,(H,35,37). The molecule has 0 bridgehead atoms. The highest BCUT2D eigenvalue weighted by molar-refractivity contribution is 5.82. The van der Waals surface area contributed by atoms with Crippen LogP contribution >= 0.6 is 0 Å². The van der Waals surface area contributed by atoms with Gasteiger partial charge in [0.25, 0.3) is 0 Å². The van der Waals surface area contributed by atoms with Crippen molar-refractivity contribution in [2.24, 2.45) is 0 Å². The van der Waals surface area contributed by atoms with E-state index < -0.39 is 0 Å². The number of unbranched alkanes of at least 4 members (excludes halogenated alkanes) is 2. The van der Waals surface area contributed by atoms with Crippen molar-refractivity contribution < 1.29 is 9.47 Å². The van der Waals surface area contributed by atoms with Gasteiger partial charge in [0.15, 0.2) is 0 Å². The molecule has 1 atom stereocenters. The van der Waals surface area contributed by atoms with Crippen LogP contribution in [-0.2, 0) is 0 Å². The van der Waals surface area contributed by atoms with Gasteiger partial charge in [0, 0.05) is 16.9 Å². The second-order valence-corrected chi connectivity index (χ2v) is 9.75. The molecule has 0 fully saturated rings. The molecule has 1 unspecified atom stereocenters. The number of hydrogen-bond donors (Lipinski definition) is 5. The van der Waals surface area contributed by atoms with Crippen molar-refractivity contribution in [3.63, 3.8) is 0 Å². The number of fused-ring (bicyclic) bond motifs is 2. The van der Waals surface area contributed by atoms with Gasteiger partial charge in [-0.05, 0) is 85.5 Å². The molecule has 1 aromatic heterocycles. The minimum Gasteiger partial charge on any atom is -0.494 e. The molecule has 0 aliphatic carbocycles. The molecule has 4 aromatic carbocycles. The van der Waals surface area contributed by atoms with Crippen LogP contribution in [0.2, 0.25) is 0 Å². The predicted octanol–water partition coefficient (Wildman–Crippen LogP) is 6.56. The molecule has 8 heteroatoms. The van der Waals surface area contributed by atoms with Crippen LogP contribution in [0.1, 0.15) is 31.0 Å². The van der Waals surface area contributed by atoms with Crippen LogP contribution in [0.15, 0.2) is 84.9 Å². The molecule has 7 N–H and O–H groups in total. The summed E-state index contributed by atoms with van der Waals surface area (Å²) in [6.45, 7) is 1.32. The van der Waals surface area contributed by atoms with Crippen LogP contribution in [0, 0.1) is 0 Å². The number of nitrogens with zero attached hydrogens (tertiary/aromatic N) is 1. The number of nitrogens with two attached hydrogens (primary N) is 2. The number of aromatic amines is 1. The summed E-state index contributed by atoms with van der Waals surface area (Å²) in [4.78, 5) is 8.01. The van der Waals surface area contributed by atoms with Gasteiger partial charge in [-0.1, -0.05) is 24.3 Å². The van der Waals surface area contributed by atoms with Crippen molar-refractivity contribution in [1.82, 2.24) is 9.97 Å². The van der Waals surface area contributed by atoms with E-state index in [1.165, 1.54) is 0 Å². The zero-order chi connectivity index (χ0) is 26.6. The summed E-state index contributed by atoms with van der Waals surface area (Å²) in [5.41, 5.74) is 19.2. The van der Waals surface area contributed by atoms with Gasteiger partial charge in [0.1, 0.15) is 23.5 Å². The molecule has 0 spiro atoms. The normalized spacial score (nSPS) is 14.0. The fourth-order valence-electron chi connectivity index (χ4n) is 4.76. The molecule has 0 saturated carbocycles. The van der Waals surface area contributed by atoms with E-state index in [2.05, 4.69) is 32.7 Å². The maximum atomic E-state index is 6.03. The summed E-state index contributed by atoms with van der Waals surface area (Å²) in [7, 11) is 0. The summed E-state index contributed by atoms with van der Waals surface area (Å²) in [5, 5.41) is 6.96. The van der Waals surface area contributed by atoms with Crippen LogP contribution in [-0.4, -0.2) is 23.2 Å². The number of imidazole rings is 1. The first-order valence-corrected chi connectivity index (χ1v) is 13.2. The van der Waals surface area contributed by atoms with Crippen LogP contribution in [0.4, 0.5) is 22.7 Å². The summed E-state index contributed by atoms with van der Waals surface area (Å²) >= 11 is 0. The Morgan fingerprint density at radius 2 is 1.41 bits per heavy atom. The van der Waals surface area contributed by atoms with Crippen molar-refractivity contribution >= 4 is 33.8 Å². The summed E-state index contributed by atoms with van der Waals surface area (Å²) in [6, 6.07) is 27.7. The molecule has 2 heterocycles. The lowest BCUT2D eigenvalue weighted by molar-refractivity contribution is 0.279. The lowest BCUT2D eigenvalue weighted by Gasteiger charge is -2.14. The van der Waals surface area contributed by atoms with E-state index in [9.17, 15) is 0 Å². The molecule has 39 heavy (non-hydrogen) atoms. The third-order valence-electron chi connectivity index (χ3n) is 6.78. The molecule has 8 nitrogen and oxygen atoms in total. The lowest BCUT2D eigenvalue weighted by Crippen LogP contribution is -2.12. The molecule has 5 aromatic rings. The third-order valence-corrected chi connectivity index (χ3v) is 6.78. The number of ether oxygens (including phenoxy) is 2. The van der Waals surface area contributed by atoms with Gasteiger partial charge < -0.3 is 36.6 Å². The van der Waals surface area contributed by atoms with Crippen LogP contribution < -0.4 is 31.6 Å². The Balaban J connectivity index is 0.936. The van der Waals surface area contributed by atoms with E-state index in [-0.39, 0.29) is 6.17 Å². The minimum atomic E-state index is -0.00774. The SMILES string of the molecule is Nc1ccc2c(c1)NC(c1cccc(OCCCCCOc3cccc(-c4nc5cc(N)ccc5[nH]4)c3)c1)N2. The Morgan fingerprint density at radius 3 is 2.26 bits per heavy atom. The van der Waals surface area contributed by atoms with Crippen molar-refractivity contribution in [3.05, 3.63) is 90.5 Å². The lowest BCUT2D eigenvalue weighted by atomic mass is 10.1. The Kier molecular flexibility index (Phi) is 6.82. The van der Waals surface area contributed by atoms with Crippen molar-refractivity contribution in [1.29, 1.82) is 0 Å². The zero-order valence-electron chi connectivity index (χ0n) is 21.6. The van der Waals surface area contributed by atoms with E-state index in [4.69, 9.17) is 20.9 Å². The molecular weight excluding hydrogens is 488 g/mol. The second kappa shape index (κ2) is 10.9. The number of rotatable bonds is 10. The summed E-state index contributed by atoms with van der Waals surface area (Å²) in [5.74, 6) is 2.50. The number of aromatic nitrogens is 2. The topological polar surface area (TPSA) is 123 Å². The third kappa shape index (κ3) is 5.70. The summed E-state index contributed by atoms with van der Waals surface area (Å²) < 4.78 is 12.0. The molecule has 0 radical (unpaired) electrons. The molecule has 6 rings (SSSR count). The van der Waals surface area contributed by atoms with Gasteiger partial charge in [0.2, 0.25) is 0 Å². The van der Waals surface area contributed by atoms with Crippen LogP contribution in [0.5, 0.6) is 11.5 Å². The first-order chi connectivity index (χ1) is 19.1. The number of nitrogens with one attached hydrogen (secondary N) is 3. The summed E-state index contributed by atoms with van der Waals surface area (Å²) in [6.07, 6.45) is 2.92. The number of anilines is 4.